The number of hydrogen-bond donors (Lipinski definition) is 1. The van der Waals surface area contributed by atoms with E-state index in [1.807, 2.05) is 56.3 Å². The van der Waals surface area contributed by atoms with E-state index < -0.39 is 12.1 Å². The largest absolute Gasteiger partial charge is 0.452 e. The quantitative estimate of drug-likeness (QED) is 0.810. The standard InChI is InChI=1S/C21H25NO3/c1-5-17-8-10-19(11-9-17)22-21(24)16(4)25-20(23)13-18-7-6-14(2)15(3)12-18/h6-12,16H,5,13H2,1-4H3,(H,22,24)/t16-/m1/s1. The van der Waals surface area contributed by atoms with Crippen LogP contribution in [-0.4, -0.2) is 18.0 Å². The van der Waals surface area contributed by atoms with Crippen LogP contribution in [0.1, 0.15) is 36.1 Å². The molecule has 4 nitrogen and oxygen atoms in total. The van der Waals surface area contributed by atoms with Gasteiger partial charge in [-0.05, 0) is 61.6 Å². The summed E-state index contributed by atoms with van der Waals surface area (Å²) in [6.45, 7) is 7.68. The molecule has 0 saturated carbocycles. The van der Waals surface area contributed by atoms with Crippen LogP contribution >= 0.6 is 0 Å². The first-order chi connectivity index (χ1) is 11.9. The van der Waals surface area contributed by atoms with Crippen molar-refractivity contribution in [3.8, 4) is 0 Å². The van der Waals surface area contributed by atoms with E-state index in [0.717, 1.165) is 17.5 Å². The maximum absolute atomic E-state index is 12.2. The molecule has 0 radical (unpaired) electrons. The number of carbonyl (C=O) groups excluding carboxylic acids is 2. The summed E-state index contributed by atoms with van der Waals surface area (Å²) in [7, 11) is 0. The van der Waals surface area contributed by atoms with Crippen molar-refractivity contribution in [3.05, 3.63) is 64.7 Å². The summed E-state index contributed by atoms with van der Waals surface area (Å²) in [5.41, 5.74) is 5.09. The summed E-state index contributed by atoms with van der Waals surface area (Å²) in [4.78, 5) is 24.2. The first-order valence-electron chi connectivity index (χ1n) is 8.54. The van der Waals surface area contributed by atoms with Crippen LogP contribution in [-0.2, 0) is 27.2 Å². The van der Waals surface area contributed by atoms with Crippen LogP contribution in [0.3, 0.4) is 0 Å². The van der Waals surface area contributed by atoms with Crippen LogP contribution in [0.4, 0.5) is 5.69 Å². The summed E-state index contributed by atoms with van der Waals surface area (Å²) in [6.07, 6.45) is 0.259. The highest BCUT2D eigenvalue weighted by Gasteiger charge is 2.18. The number of aryl methyl sites for hydroxylation is 3. The number of ether oxygens (including phenoxy) is 1. The van der Waals surface area contributed by atoms with Crippen molar-refractivity contribution < 1.29 is 14.3 Å². The molecule has 25 heavy (non-hydrogen) atoms. The van der Waals surface area contributed by atoms with Gasteiger partial charge in [-0.2, -0.15) is 0 Å². The number of benzene rings is 2. The number of hydrogen-bond acceptors (Lipinski definition) is 3. The SMILES string of the molecule is CCc1ccc(NC(=O)[C@@H](C)OC(=O)Cc2ccc(C)c(C)c2)cc1. The van der Waals surface area contributed by atoms with Crippen molar-refractivity contribution in [1.29, 1.82) is 0 Å². The second-order valence-electron chi connectivity index (χ2n) is 6.27. The Morgan fingerprint density at radius 2 is 1.64 bits per heavy atom. The van der Waals surface area contributed by atoms with E-state index in [-0.39, 0.29) is 12.3 Å². The molecule has 0 heterocycles. The van der Waals surface area contributed by atoms with Gasteiger partial charge in [0, 0.05) is 5.69 Å². The third kappa shape index (κ3) is 5.45. The lowest BCUT2D eigenvalue weighted by Gasteiger charge is -2.14. The van der Waals surface area contributed by atoms with Gasteiger partial charge in [-0.1, -0.05) is 37.3 Å². The molecular formula is C21H25NO3. The molecule has 2 rings (SSSR count). The Morgan fingerprint density at radius 1 is 1.00 bits per heavy atom. The predicted molar refractivity (Wildman–Crippen MR) is 99.6 cm³/mol. The zero-order valence-corrected chi connectivity index (χ0v) is 15.3. The molecule has 0 aliphatic carbocycles. The summed E-state index contributed by atoms with van der Waals surface area (Å²) in [5.74, 6) is -0.745. The van der Waals surface area contributed by atoms with Crippen molar-refractivity contribution in [3.63, 3.8) is 0 Å². The Morgan fingerprint density at radius 3 is 2.24 bits per heavy atom. The Kier molecular flexibility index (Phi) is 6.34. The van der Waals surface area contributed by atoms with Crippen molar-refractivity contribution in [2.45, 2.75) is 46.6 Å². The van der Waals surface area contributed by atoms with Crippen molar-refractivity contribution in [1.82, 2.24) is 0 Å². The zero-order chi connectivity index (χ0) is 18.4. The van der Waals surface area contributed by atoms with Gasteiger partial charge in [0.05, 0.1) is 6.42 Å². The maximum Gasteiger partial charge on any atom is 0.311 e. The van der Waals surface area contributed by atoms with Gasteiger partial charge in [0.15, 0.2) is 6.10 Å². The van der Waals surface area contributed by atoms with Crippen LogP contribution in [0.5, 0.6) is 0 Å². The minimum atomic E-state index is -0.843. The van der Waals surface area contributed by atoms with Crippen LogP contribution in [0.2, 0.25) is 0 Å². The lowest BCUT2D eigenvalue weighted by molar-refractivity contribution is -0.152. The summed E-state index contributed by atoms with van der Waals surface area (Å²) < 4.78 is 5.25. The lowest BCUT2D eigenvalue weighted by Crippen LogP contribution is -2.30. The molecule has 0 saturated heterocycles. The molecule has 0 unspecified atom stereocenters. The van der Waals surface area contributed by atoms with Gasteiger partial charge in [0.1, 0.15) is 0 Å². The molecule has 0 spiro atoms. The van der Waals surface area contributed by atoms with Gasteiger partial charge in [0.2, 0.25) is 0 Å². The molecular weight excluding hydrogens is 314 g/mol. The van der Waals surface area contributed by atoms with E-state index in [0.29, 0.717) is 5.69 Å². The number of anilines is 1. The average Bonchev–Trinajstić information content (AvgIpc) is 2.58. The third-order valence-electron chi connectivity index (χ3n) is 4.23. The molecule has 2 aromatic carbocycles. The van der Waals surface area contributed by atoms with Crippen LogP contribution in [0.15, 0.2) is 42.5 Å². The molecule has 1 N–H and O–H groups in total. The fraction of sp³-hybridized carbons (Fsp3) is 0.333. The second-order valence-corrected chi connectivity index (χ2v) is 6.27. The zero-order valence-electron chi connectivity index (χ0n) is 15.3. The van der Waals surface area contributed by atoms with Gasteiger partial charge < -0.3 is 10.1 Å². The van der Waals surface area contributed by atoms with Gasteiger partial charge >= 0.3 is 5.97 Å². The third-order valence-corrected chi connectivity index (χ3v) is 4.23. The molecule has 0 aliphatic heterocycles. The van der Waals surface area contributed by atoms with E-state index >= 15 is 0 Å². The first-order valence-corrected chi connectivity index (χ1v) is 8.54. The number of carbonyl (C=O) groups is 2. The molecule has 132 valence electrons. The Hall–Kier alpha value is -2.62. The number of rotatable bonds is 6. The van der Waals surface area contributed by atoms with Crippen molar-refractivity contribution >= 4 is 17.6 Å². The van der Waals surface area contributed by atoms with Crippen molar-refractivity contribution in [2.24, 2.45) is 0 Å². The molecule has 0 bridgehead atoms. The van der Waals surface area contributed by atoms with Crippen LogP contribution < -0.4 is 5.32 Å². The fourth-order valence-electron chi connectivity index (χ4n) is 2.44. The highest BCUT2D eigenvalue weighted by atomic mass is 16.5. The van der Waals surface area contributed by atoms with Gasteiger partial charge in [-0.3, -0.25) is 9.59 Å². The lowest BCUT2D eigenvalue weighted by atomic mass is 10.0. The molecule has 0 aliphatic rings. The van der Waals surface area contributed by atoms with Crippen molar-refractivity contribution in [2.75, 3.05) is 5.32 Å². The minimum Gasteiger partial charge on any atom is -0.452 e. The first kappa shape index (κ1) is 18.7. The van der Waals surface area contributed by atoms with E-state index in [2.05, 4.69) is 12.2 Å². The van der Waals surface area contributed by atoms with E-state index in [1.165, 1.54) is 11.1 Å². The Bertz CT molecular complexity index is 750. The molecule has 4 heteroatoms. The van der Waals surface area contributed by atoms with E-state index in [4.69, 9.17) is 4.74 Å². The molecule has 1 atom stereocenters. The summed E-state index contributed by atoms with van der Waals surface area (Å²) in [6, 6.07) is 13.5. The average molecular weight is 339 g/mol. The van der Waals surface area contributed by atoms with Gasteiger partial charge in [0.25, 0.3) is 5.91 Å². The summed E-state index contributed by atoms with van der Waals surface area (Å²) in [5, 5.41) is 2.76. The minimum absolute atomic E-state index is 0.157. The smallest absolute Gasteiger partial charge is 0.311 e. The normalized spacial score (nSPS) is 11.7. The Balaban J connectivity index is 1.88. The maximum atomic E-state index is 12.2. The van der Waals surface area contributed by atoms with E-state index in [9.17, 15) is 9.59 Å². The highest BCUT2D eigenvalue weighted by molar-refractivity contribution is 5.95. The number of nitrogens with one attached hydrogen (secondary N) is 1. The van der Waals surface area contributed by atoms with Crippen LogP contribution in [0.25, 0.3) is 0 Å². The fourth-order valence-corrected chi connectivity index (χ4v) is 2.44. The molecule has 2 aromatic rings. The number of esters is 1. The Labute approximate surface area is 149 Å². The molecule has 0 fully saturated rings. The number of amides is 1. The topological polar surface area (TPSA) is 55.4 Å². The molecule has 0 aromatic heterocycles. The second kappa shape index (κ2) is 8.47. The van der Waals surface area contributed by atoms with Gasteiger partial charge in [-0.15, -0.1) is 0 Å². The highest BCUT2D eigenvalue weighted by Crippen LogP contribution is 2.13. The molecule has 1 amide bonds. The summed E-state index contributed by atoms with van der Waals surface area (Å²) >= 11 is 0. The monoisotopic (exact) mass is 339 g/mol. The van der Waals surface area contributed by atoms with Crippen LogP contribution in [0, 0.1) is 13.8 Å². The predicted octanol–water partition coefficient (Wildman–Crippen LogP) is 3.98. The van der Waals surface area contributed by atoms with E-state index in [1.54, 1.807) is 6.92 Å². The van der Waals surface area contributed by atoms with Gasteiger partial charge in [-0.25, -0.2) is 0 Å².